The van der Waals surface area contributed by atoms with Crippen molar-refractivity contribution < 1.29 is 14.6 Å². The van der Waals surface area contributed by atoms with Gasteiger partial charge in [-0.15, -0.1) is 0 Å². The molecule has 0 aliphatic carbocycles. The van der Waals surface area contributed by atoms with E-state index in [1.807, 2.05) is 12.2 Å². The van der Waals surface area contributed by atoms with Gasteiger partial charge in [-0.05, 0) is 19.3 Å². The maximum absolute atomic E-state index is 8.54. The molecule has 1 N–H and O–H groups in total. The second kappa shape index (κ2) is 15.6. The molecule has 0 radical (unpaired) electrons. The van der Waals surface area contributed by atoms with Gasteiger partial charge in [0.15, 0.2) is 0 Å². The maximum Gasteiger partial charge on any atom is 0.146 e. The van der Waals surface area contributed by atoms with Crippen molar-refractivity contribution in [3.05, 3.63) is 12.2 Å². The molecule has 0 aromatic carbocycles. The molecule has 0 fully saturated rings. The topological polar surface area (TPSA) is 38.7 Å². The number of aliphatic hydroxyl groups is 1. The molecule has 0 unspecified atom stereocenters. The molecule has 0 heterocycles. The van der Waals surface area contributed by atoms with Gasteiger partial charge in [-0.3, -0.25) is 0 Å². The van der Waals surface area contributed by atoms with Crippen LogP contribution in [0.1, 0.15) is 51.9 Å². The highest BCUT2D eigenvalue weighted by Crippen LogP contribution is 2.02. The van der Waals surface area contributed by atoms with Crippen molar-refractivity contribution >= 4 is 0 Å². The maximum atomic E-state index is 8.54. The lowest BCUT2D eigenvalue weighted by Crippen LogP contribution is -2.02. The minimum atomic E-state index is 0.221. The Balaban J connectivity index is 2.94. The van der Waals surface area contributed by atoms with Crippen molar-refractivity contribution in [1.29, 1.82) is 0 Å². The lowest BCUT2D eigenvalue weighted by Gasteiger charge is -2.04. The van der Waals surface area contributed by atoms with Gasteiger partial charge in [0, 0.05) is 13.2 Å². The van der Waals surface area contributed by atoms with Crippen molar-refractivity contribution in [3.63, 3.8) is 0 Å². The van der Waals surface area contributed by atoms with E-state index in [1.54, 1.807) is 0 Å². The van der Waals surface area contributed by atoms with Crippen LogP contribution in [-0.2, 0) is 9.47 Å². The molecule has 3 heteroatoms. The average molecular weight is 244 g/mol. The Labute approximate surface area is 106 Å². The van der Waals surface area contributed by atoms with Gasteiger partial charge in [0.2, 0.25) is 0 Å². The molecule has 17 heavy (non-hydrogen) atoms. The predicted octanol–water partition coefficient (Wildman–Crippen LogP) is 3.28. The van der Waals surface area contributed by atoms with Crippen LogP contribution in [0.5, 0.6) is 0 Å². The quantitative estimate of drug-likeness (QED) is 0.307. The van der Waals surface area contributed by atoms with Crippen LogP contribution in [0.4, 0.5) is 0 Å². The summed E-state index contributed by atoms with van der Waals surface area (Å²) in [5.41, 5.74) is 0. The van der Waals surface area contributed by atoms with Crippen LogP contribution < -0.4 is 0 Å². The number of unbranched alkanes of at least 4 members (excludes halogenated alkanes) is 4. The lowest BCUT2D eigenvalue weighted by atomic mass is 10.2. The second-order valence-electron chi connectivity index (χ2n) is 4.12. The summed E-state index contributed by atoms with van der Waals surface area (Å²) in [4.78, 5) is 0. The number of ether oxygens (including phenoxy) is 2. The minimum absolute atomic E-state index is 0.221. The minimum Gasteiger partial charge on any atom is -0.396 e. The van der Waals surface area contributed by atoms with E-state index in [0.29, 0.717) is 13.4 Å². The smallest absolute Gasteiger partial charge is 0.146 e. The van der Waals surface area contributed by atoms with Crippen LogP contribution in [0.3, 0.4) is 0 Å². The normalized spacial score (nSPS) is 11.4. The molecule has 0 amide bonds. The van der Waals surface area contributed by atoms with Crippen LogP contribution >= 0.6 is 0 Å². The fourth-order valence-corrected chi connectivity index (χ4v) is 1.45. The fourth-order valence-electron chi connectivity index (χ4n) is 1.45. The summed E-state index contributed by atoms with van der Waals surface area (Å²) in [5, 5.41) is 8.54. The van der Waals surface area contributed by atoms with Gasteiger partial charge in [0.1, 0.15) is 6.79 Å². The van der Waals surface area contributed by atoms with Gasteiger partial charge < -0.3 is 14.6 Å². The molecule has 0 aliphatic heterocycles. The zero-order valence-electron chi connectivity index (χ0n) is 11.2. The van der Waals surface area contributed by atoms with E-state index in [9.17, 15) is 0 Å². The second-order valence-corrected chi connectivity index (χ2v) is 4.12. The molecule has 0 rings (SSSR count). The van der Waals surface area contributed by atoms with Gasteiger partial charge in [-0.1, -0.05) is 44.8 Å². The first-order valence-corrected chi connectivity index (χ1v) is 6.83. The Bertz CT molecular complexity index is 158. The van der Waals surface area contributed by atoms with Crippen LogP contribution in [0.15, 0.2) is 12.2 Å². The molecule has 0 atom stereocenters. The van der Waals surface area contributed by atoms with Crippen molar-refractivity contribution in [2.75, 3.05) is 26.6 Å². The van der Waals surface area contributed by atoms with Crippen molar-refractivity contribution in [3.8, 4) is 0 Å². The van der Waals surface area contributed by atoms with Crippen LogP contribution in [0.2, 0.25) is 0 Å². The van der Waals surface area contributed by atoms with Crippen molar-refractivity contribution in [2.24, 2.45) is 0 Å². The Morgan fingerprint density at radius 3 is 2.35 bits per heavy atom. The molecule has 102 valence electrons. The summed E-state index contributed by atoms with van der Waals surface area (Å²) in [5.74, 6) is 0. The van der Waals surface area contributed by atoms with Crippen LogP contribution in [0, 0.1) is 0 Å². The number of rotatable bonds is 13. The van der Waals surface area contributed by atoms with Crippen molar-refractivity contribution in [1.82, 2.24) is 0 Å². The first-order chi connectivity index (χ1) is 8.41. The molecule has 0 saturated heterocycles. The SMILES string of the molecule is CCCCCCCOCOCCC=CCCO. The molecular weight excluding hydrogens is 216 g/mol. The zero-order chi connectivity index (χ0) is 12.6. The summed E-state index contributed by atoms with van der Waals surface area (Å²) < 4.78 is 10.7. The summed E-state index contributed by atoms with van der Waals surface area (Å²) >= 11 is 0. The fraction of sp³-hybridized carbons (Fsp3) is 0.857. The van der Waals surface area contributed by atoms with E-state index < -0.39 is 0 Å². The third kappa shape index (κ3) is 15.6. The number of hydrogen-bond acceptors (Lipinski definition) is 3. The molecule has 0 aromatic heterocycles. The standard InChI is InChI=1S/C14H28O3/c1-2-3-4-6-9-12-16-14-17-13-10-7-5-8-11-15/h5,7,15H,2-4,6,8-14H2,1H3. The van der Waals surface area contributed by atoms with Crippen LogP contribution in [-0.4, -0.2) is 31.7 Å². The molecule has 0 aromatic rings. The number of hydrogen-bond donors (Lipinski definition) is 1. The Hall–Kier alpha value is -0.380. The van der Waals surface area contributed by atoms with Gasteiger partial charge in [-0.25, -0.2) is 0 Å². The third-order valence-corrected chi connectivity index (χ3v) is 2.45. The summed E-state index contributed by atoms with van der Waals surface area (Å²) in [6.07, 6.45) is 11.9. The lowest BCUT2D eigenvalue weighted by molar-refractivity contribution is -0.0531. The van der Waals surface area contributed by atoms with E-state index in [1.165, 1.54) is 25.7 Å². The molecule has 0 spiro atoms. The van der Waals surface area contributed by atoms with Gasteiger partial charge in [-0.2, -0.15) is 0 Å². The van der Waals surface area contributed by atoms with E-state index in [2.05, 4.69) is 6.92 Å². The first kappa shape index (κ1) is 16.6. The molecular formula is C14H28O3. The summed E-state index contributed by atoms with van der Waals surface area (Å²) in [6.45, 7) is 4.35. The highest BCUT2D eigenvalue weighted by Gasteiger charge is 1.90. The highest BCUT2D eigenvalue weighted by atomic mass is 16.7. The van der Waals surface area contributed by atoms with Gasteiger partial charge in [0.25, 0.3) is 0 Å². The molecule has 0 aliphatic rings. The third-order valence-electron chi connectivity index (χ3n) is 2.45. The summed E-state index contributed by atoms with van der Waals surface area (Å²) in [6, 6.07) is 0. The Morgan fingerprint density at radius 2 is 1.59 bits per heavy atom. The van der Waals surface area contributed by atoms with E-state index in [-0.39, 0.29) is 6.61 Å². The Morgan fingerprint density at radius 1 is 0.882 bits per heavy atom. The zero-order valence-corrected chi connectivity index (χ0v) is 11.2. The monoisotopic (exact) mass is 244 g/mol. The van der Waals surface area contributed by atoms with E-state index in [0.717, 1.165) is 25.9 Å². The van der Waals surface area contributed by atoms with E-state index in [4.69, 9.17) is 14.6 Å². The predicted molar refractivity (Wildman–Crippen MR) is 71.0 cm³/mol. The van der Waals surface area contributed by atoms with Crippen LogP contribution in [0.25, 0.3) is 0 Å². The Kier molecular flexibility index (Phi) is 15.3. The molecule has 0 bridgehead atoms. The largest absolute Gasteiger partial charge is 0.396 e. The first-order valence-electron chi connectivity index (χ1n) is 6.83. The van der Waals surface area contributed by atoms with Gasteiger partial charge >= 0.3 is 0 Å². The highest BCUT2D eigenvalue weighted by molar-refractivity contribution is 4.80. The van der Waals surface area contributed by atoms with E-state index >= 15 is 0 Å². The summed E-state index contributed by atoms with van der Waals surface area (Å²) in [7, 11) is 0. The number of aliphatic hydroxyl groups excluding tert-OH is 1. The van der Waals surface area contributed by atoms with Crippen molar-refractivity contribution in [2.45, 2.75) is 51.9 Å². The molecule has 3 nitrogen and oxygen atoms in total. The van der Waals surface area contributed by atoms with Gasteiger partial charge in [0.05, 0.1) is 6.61 Å². The average Bonchev–Trinajstić information content (AvgIpc) is 2.35. The molecule has 0 saturated carbocycles.